The molecule has 0 aromatic rings. The lowest BCUT2D eigenvalue weighted by Crippen LogP contribution is -2.64. The molecule has 0 bridgehead atoms. The summed E-state index contributed by atoms with van der Waals surface area (Å²) in [6.45, 7) is 0. The SMILES string of the molecule is [SiH3]N([SiH3])[SiH2]N([SiH2]N([SiH3])[SiH3])[SiH2]N([SiH2]N([SiH2]N([SiH3])[SiH3])[SiH2]N([SiH3])[SiH3])[SiH2]N([SiH2]N([SiH3])[SiH3])[SiH2]N([SiH3])[SiH3]. The Morgan fingerprint density at radius 1 is 0.226 bits per heavy atom. The van der Waals surface area contributed by atoms with Gasteiger partial charge < -0.3 is 39.0 Å². The highest BCUT2D eigenvalue weighted by Gasteiger charge is 2.21. The smallest absolute Gasteiger partial charge is 0.148 e. The Labute approximate surface area is 250 Å². The van der Waals surface area contributed by atoms with Crippen molar-refractivity contribution in [3.63, 3.8) is 0 Å². The maximum Gasteiger partial charge on any atom is 0.148 e. The van der Waals surface area contributed by atoms with Crippen molar-refractivity contribution in [1.82, 2.24) is 39.0 Å². The molecule has 0 N–H and O–H groups in total. The third-order valence-corrected chi connectivity index (χ3v) is 36.9. The fourth-order valence-electron chi connectivity index (χ4n) is 3.79. The Morgan fingerprint density at radius 3 is 0.484 bits per heavy atom. The van der Waals surface area contributed by atoms with Crippen molar-refractivity contribution in [2.45, 2.75) is 0 Å². The molecular formula is H54N10Si21. The summed E-state index contributed by atoms with van der Waals surface area (Å²) in [6, 6.07) is 0. The second kappa shape index (κ2) is 20.2. The molecule has 0 aliphatic rings. The summed E-state index contributed by atoms with van der Waals surface area (Å²) in [7, 11) is 15.5. The Bertz CT molecular complexity index is 337. The standard InChI is InChI=1S/H54N10Si21/c11-1(12)23-7(24-2(13)14)29-10(30-8(25-3(15)16)26-4(17)18)31-9(27-5(19)20)28-6(21)22/h23-31H2,11-22H3. The molecule has 31 heavy (non-hydrogen) atoms. The van der Waals surface area contributed by atoms with Crippen molar-refractivity contribution < 1.29 is 0 Å². The molecule has 0 aromatic carbocycles. The third-order valence-electron chi connectivity index (χ3n) is 4.10. The molecule has 0 heterocycles. The van der Waals surface area contributed by atoms with Crippen LogP contribution in [0.4, 0.5) is 0 Å². The molecule has 0 amide bonds. The fourth-order valence-corrected chi connectivity index (χ4v) is 92.5. The summed E-state index contributed by atoms with van der Waals surface area (Å²) in [5.74, 6) is 0. The van der Waals surface area contributed by atoms with Crippen molar-refractivity contribution in [3.8, 4) is 0 Å². The van der Waals surface area contributed by atoms with Gasteiger partial charge in [0, 0.05) is 0 Å². The van der Waals surface area contributed by atoms with E-state index in [0.29, 0.717) is 0 Å². The van der Waals surface area contributed by atoms with Crippen molar-refractivity contribution >= 4 is 213 Å². The van der Waals surface area contributed by atoms with Gasteiger partial charge in [0.2, 0.25) is 0 Å². The van der Waals surface area contributed by atoms with E-state index in [1.54, 1.807) is 0 Å². The maximum atomic E-state index is 3.37. The van der Waals surface area contributed by atoms with Crippen molar-refractivity contribution in [3.05, 3.63) is 0 Å². The van der Waals surface area contributed by atoms with Gasteiger partial charge in [0.15, 0.2) is 0 Å². The molecule has 188 valence electrons. The van der Waals surface area contributed by atoms with Crippen LogP contribution in [0, 0.1) is 0 Å². The molecule has 0 rings (SSSR count). The second-order valence-electron chi connectivity index (χ2n) is 10.4. The lowest BCUT2D eigenvalue weighted by Gasteiger charge is -2.41. The Balaban J connectivity index is 5.59. The fraction of sp³-hybridized carbons (Fsp3) is 0. The van der Waals surface area contributed by atoms with E-state index in [1.165, 1.54) is 125 Å². The highest BCUT2D eigenvalue weighted by molar-refractivity contribution is 6.83. The first-order chi connectivity index (χ1) is 14.3. The maximum absolute atomic E-state index is 3.37. The minimum absolute atomic E-state index is 0.0404. The first kappa shape index (κ1) is 35.2. The van der Waals surface area contributed by atoms with E-state index in [9.17, 15) is 0 Å². The van der Waals surface area contributed by atoms with Crippen molar-refractivity contribution in [1.29, 1.82) is 0 Å². The van der Waals surface area contributed by atoms with E-state index in [4.69, 9.17) is 0 Å². The van der Waals surface area contributed by atoms with Crippen LogP contribution in [0.25, 0.3) is 0 Å². The average molecular weight is 784 g/mol. The normalized spacial score (nSPS) is 18.0. The summed E-state index contributed by atoms with van der Waals surface area (Å²) < 4.78 is 30.4. The quantitative estimate of drug-likeness (QED) is 0.125. The second-order valence-corrected chi connectivity index (χ2v) is 86.3. The zero-order valence-corrected chi connectivity index (χ0v) is 59.6. The van der Waals surface area contributed by atoms with Gasteiger partial charge in [0.25, 0.3) is 0 Å². The lowest BCUT2D eigenvalue weighted by molar-refractivity contribution is 0.787. The number of rotatable bonds is 18. The number of hydrogen-bond acceptors (Lipinski definition) is 10. The van der Waals surface area contributed by atoms with E-state index in [2.05, 4.69) is 39.0 Å². The molecule has 0 fully saturated rings. The van der Waals surface area contributed by atoms with E-state index >= 15 is 0 Å². The monoisotopic (exact) mass is 782 g/mol. The molecule has 0 aromatic heterocycles. The summed E-state index contributed by atoms with van der Waals surface area (Å²) >= 11 is 0. The predicted octanol–water partition coefficient (Wildman–Crippen LogP) is -25.6. The van der Waals surface area contributed by atoms with Gasteiger partial charge >= 0.3 is 0 Å². The summed E-state index contributed by atoms with van der Waals surface area (Å²) in [4.78, 5) is 0. The Hall–Kier alpha value is 4.15. The molecule has 0 saturated heterocycles. The van der Waals surface area contributed by atoms with E-state index in [-0.39, 0.29) is 88.6 Å². The zero-order chi connectivity index (χ0) is 24.1. The summed E-state index contributed by atoms with van der Waals surface area (Å²) in [5, 5.41) is 0. The Morgan fingerprint density at radius 2 is 0.355 bits per heavy atom. The van der Waals surface area contributed by atoms with Gasteiger partial charge in [-0.1, -0.05) is 0 Å². The van der Waals surface area contributed by atoms with Crippen LogP contribution in [-0.4, -0.2) is 252 Å². The number of nitrogens with zero attached hydrogens (tertiary/aromatic N) is 10. The lowest BCUT2D eigenvalue weighted by atomic mass is 13.6. The van der Waals surface area contributed by atoms with Crippen LogP contribution in [0.3, 0.4) is 0 Å². The molecule has 0 aliphatic carbocycles. The first-order valence-corrected chi connectivity index (χ1v) is 33.2. The molecule has 0 saturated carbocycles. The van der Waals surface area contributed by atoms with Gasteiger partial charge in [0.05, 0.1) is 125 Å². The average Bonchev–Trinajstić information content (AvgIpc) is 2.50. The van der Waals surface area contributed by atoms with Gasteiger partial charge in [-0.3, -0.25) is 0 Å². The molecule has 0 radical (unpaired) electrons. The van der Waals surface area contributed by atoms with Crippen LogP contribution < -0.4 is 0 Å². The highest BCUT2D eigenvalue weighted by Crippen LogP contribution is 1.96. The van der Waals surface area contributed by atoms with E-state index in [0.717, 1.165) is 0 Å². The predicted molar refractivity (Wildman–Crippen MR) is 215 cm³/mol. The van der Waals surface area contributed by atoms with E-state index < -0.39 is 0 Å². The molecule has 0 atom stereocenters. The molecule has 31 heteroatoms. The first-order valence-electron chi connectivity index (χ1n) is 11.1. The van der Waals surface area contributed by atoms with Gasteiger partial charge in [-0.2, -0.15) is 0 Å². The van der Waals surface area contributed by atoms with Crippen LogP contribution in [0.15, 0.2) is 0 Å². The van der Waals surface area contributed by atoms with Crippen LogP contribution >= 0.6 is 0 Å². The zero-order valence-electron chi connectivity index (χ0n) is 22.8. The van der Waals surface area contributed by atoms with Crippen molar-refractivity contribution in [2.75, 3.05) is 0 Å². The van der Waals surface area contributed by atoms with Gasteiger partial charge in [-0.15, -0.1) is 0 Å². The van der Waals surface area contributed by atoms with Gasteiger partial charge in [-0.05, 0) is 0 Å². The Kier molecular flexibility index (Phi) is 22.9. The van der Waals surface area contributed by atoms with Crippen LogP contribution in [0.1, 0.15) is 0 Å². The van der Waals surface area contributed by atoms with Gasteiger partial charge in [-0.25, -0.2) is 0 Å². The molecule has 0 unspecified atom stereocenters. The summed E-state index contributed by atoms with van der Waals surface area (Å²) in [5.41, 5.74) is 0. The summed E-state index contributed by atoms with van der Waals surface area (Å²) in [6.07, 6.45) is 0. The van der Waals surface area contributed by atoms with Gasteiger partial charge in [0.1, 0.15) is 88.6 Å². The minimum Gasteiger partial charge on any atom is -0.377 e. The topological polar surface area (TPSA) is 32.4 Å². The van der Waals surface area contributed by atoms with Crippen molar-refractivity contribution in [2.24, 2.45) is 0 Å². The highest BCUT2D eigenvalue weighted by atomic mass is 28.5. The van der Waals surface area contributed by atoms with Crippen LogP contribution in [0.2, 0.25) is 0 Å². The molecular weight excluding hydrogens is 730 g/mol. The largest absolute Gasteiger partial charge is 0.377 e. The molecule has 0 spiro atoms. The van der Waals surface area contributed by atoms with Crippen LogP contribution in [0.5, 0.6) is 0 Å². The number of hydrogen-bond donors (Lipinski definition) is 0. The molecule has 10 nitrogen and oxygen atoms in total. The van der Waals surface area contributed by atoms with Crippen LogP contribution in [-0.2, 0) is 0 Å². The molecule has 0 aliphatic heterocycles. The third kappa shape index (κ3) is 21.9. The van der Waals surface area contributed by atoms with E-state index in [1.807, 2.05) is 0 Å². The minimum atomic E-state index is -0.126.